The summed E-state index contributed by atoms with van der Waals surface area (Å²) in [5.74, 6) is -0.436. The highest BCUT2D eigenvalue weighted by Crippen LogP contribution is 2.25. The molecule has 5 nitrogen and oxygen atoms in total. The van der Waals surface area contributed by atoms with Gasteiger partial charge in [-0.2, -0.15) is 5.26 Å². The Morgan fingerprint density at radius 1 is 1.16 bits per heavy atom. The van der Waals surface area contributed by atoms with E-state index in [1.54, 1.807) is 48.3 Å². The average Bonchev–Trinajstić information content (AvgIpc) is 2.57. The molecule has 0 saturated heterocycles. The van der Waals surface area contributed by atoms with Crippen LogP contribution in [-0.2, 0) is 4.79 Å². The number of carbonyl (C=O) groups excluding carboxylic acids is 2. The highest BCUT2D eigenvalue weighted by Gasteiger charge is 2.15. The number of ketones is 1. The van der Waals surface area contributed by atoms with Gasteiger partial charge in [-0.15, -0.1) is 0 Å². The van der Waals surface area contributed by atoms with Gasteiger partial charge in [0.25, 0.3) is 0 Å². The van der Waals surface area contributed by atoms with Gasteiger partial charge in [-0.25, -0.2) is 0 Å². The summed E-state index contributed by atoms with van der Waals surface area (Å²) in [6, 6.07) is 11.6. The van der Waals surface area contributed by atoms with Crippen molar-refractivity contribution < 1.29 is 9.59 Å². The highest BCUT2D eigenvalue weighted by atomic mass is 35.5. The zero-order chi connectivity index (χ0) is 18.6. The van der Waals surface area contributed by atoms with Crippen molar-refractivity contribution in [2.45, 2.75) is 6.92 Å². The molecule has 0 aliphatic heterocycles. The minimum Gasteiger partial charge on any atom is -0.365 e. The predicted molar refractivity (Wildman–Crippen MR) is 99.5 cm³/mol. The fourth-order valence-electron chi connectivity index (χ4n) is 2.29. The fraction of sp³-hybridized carbons (Fsp3) is 0.167. The second-order valence-corrected chi connectivity index (χ2v) is 6.25. The van der Waals surface area contributed by atoms with Gasteiger partial charge in [-0.3, -0.25) is 9.59 Å². The van der Waals surface area contributed by atoms with Crippen molar-refractivity contribution in [1.82, 2.24) is 0 Å². The van der Waals surface area contributed by atoms with Crippen LogP contribution in [0.3, 0.4) is 0 Å². The maximum absolute atomic E-state index is 12.2. The van der Waals surface area contributed by atoms with Gasteiger partial charge in [0.05, 0.1) is 28.2 Å². The molecule has 0 aromatic heterocycles. The summed E-state index contributed by atoms with van der Waals surface area (Å²) in [5, 5.41) is 12.5. The number of halogens is 2. The van der Waals surface area contributed by atoms with Crippen LogP contribution >= 0.6 is 23.2 Å². The summed E-state index contributed by atoms with van der Waals surface area (Å²) in [5.41, 5.74) is 1.90. The molecule has 0 atom stereocenters. The first-order valence-electron chi connectivity index (χ1n) is 7.33. The van der Waals surface area contributed by atoms with E-state index in [4.69, 9.17) is 28.5 Å². The molecule has 0 unspecified atom stereocenters. The van der Waals surface area contributed by atoms with E-state index >= 15 is 0 Å². The maximum atomic E-state index is 12.2. The lowest BCUT2D eigenvalue weighted by Crippen LogP contribution is -2.31. The number of Topliss-reactive ketones (excluding diaryl/α,β-unsaturated/α-hetero) is 1. The Morgan fingerprint density at radius 2 is 1.88 bits per heavy atom. The summed E-state index contributed by atoms with van der Waals surface area (Å²) in [6.45, 7) is 1.43. The Balaban J connectivity index is 2.17. The molecule has 25 heavy (non-hydrogen) atoms. The lowest BCUT2D eigenvalue weighted by atomic mass is 10.1. The maximum Gasteiger partial charge on any atom is 0.243 e. The van der Waals surface area contributed by atoms with Crippen LogP contribution in [0, 0.1) is 11.3 Å². The molecule has 7 heteroatoms. The minimum absolute atomic E-state index is 0.00456. The number of nitrogens with zero attached hydrogens (tertiary/aromatic N) is 2. The molecular formula is C18H15Cl2N3O2. The first-order chi connectivity index (χ1) is 11.8. The highest BCUT2D eigenvalue weighted by molar-refractivity contribution is 6.42. The number of nitrogens with one attached hydrogen (secondary N) is 1. The molecule has 0 spiro atoms. The van der Waals surface area contributed by atoms with E-state index in [1.165, 1.54) is 6.92 Å². The number of nitriles is 1. The van der Waals surface area contributed by atoms with Gasteiger partial charge in [-0.1, -0.05) is 23.2 Å². The number of hydrogen-bond acceptors (Lipinski definition) is 4. The zero-order valence-corrected chi connectivity index (χ0v) is 15.1. The van der Waals surface area contributed by atoms with Gasteiger partial charge < -0.3 is 10.2 Å². The van der Waals surface area contributed by atoms with Gasteiger partial charge in [0.1, 0.15) is 0 Å². The van der Waals surface area contributed by atoms with Crippen LogP contribution < -0.4 is 10.2 Å². The van der Waals surface area contributed by atoms with E-state index in [2.05, 4.69) is 5.32 Å². The van der Waals surface area contributed by atoms with Crippen LogP contribution in [-0.4, -0.2) is 25.3 Å². The third kappa shape index (κ3) is 4.72. The minimum atomic E-state index is -0.294. The Hall–Kier alpha value is -2.55. The molecule has 0 aliphatic rings. The number of hydrogen-bond donors (Lipinski definition) is 1. The van der Waals surface area contributed by atoms with E-state index < -0.39 is 0 Å². The molecule has 0 radical (unpaired) electrons. The van der Waals surface area contributed by atoms with Crippen molar-refractivity contribution in [1.29, 1.82) is 5.26 Å². The molecule has 2 aromatic carbocycles. The molecule has 1 amide bonds. The van der Waals surface area contributed by atoms with Crippen molar-refractivity contribution in [3.8, 4) is 6.07 Å². The van der Waals surface area contributed by atoms with E-state index in [0.29, 0.717) is 32.5 Å². The number of likely N-dealkylation sites (N-methyl/N-ethyl adjacent to an activating group) is 1. The Labute approximate surface area is 155 Å². The number of anilines is 2. The van der Waals surface area contributed by atoms with Crippen molar-refractivity contribution in [3.05, 3.63) is 57.6 Å². The van der Waals surface area contributed by atoms with E-state index in [1.807, 2.05) is 6.07 Å². The molecular weight excluding hydrogens is 361 g/mol. The lowest BCUT2D eigenvalue weighted by Gasteiger charge is -2.21. The quantitative estimate of drug-likeness (QED) is 0.796. The Morgan fingerprint density at radius 3 is 2.48 bits per heavy atom. The normalized spacial score (nSPS) is 10.0. The zero-order valence-electron chi connectivity index (χ0n) is 13.6. The average molecular weight is 376 g/mol. The van der Waals surface area contributed by atoms with Crippen molar-refractivity contribution >= 4 is 46.3 Å². The van der Waals surface area contributed by atoms with Crippen LogP contribution in [0.4, 0.5) is 11.4 Å². The predicted octanol–water partition coefficient (Wildman–Crippen LogP) is 4.14. The summed E-state index contributed by atoms with van der Waals surface area (Å²) in [6.07, 6.45) is 0. The molecule has 2 aromatic rings. The van der Waals surface area contributed by atoms with Gasteiger partial charge in [0.2, 0.25) is 5.91 Å². The third-order valence-electron chi connectivity index (χ3n) is 3.50. The Bertz CT molecular complexity index is 875. The standard InChI is InChI=1S/C18H15Cl2N3O2/c1-11(24)14-5-3-12(9-21)7-17(14)23(2)10-18(25)22-13-4-6-15(19)16(20)8-13/h3-8H,10H2,1-2H3,(H,22,25). The number of rotatable bonds is 5. The third-order valence-corrected chi connectivity index (χ3v) is 4.24. The fourth-order valence-corrected chi connectivity index (χ4v) is 2.59. The summed E-state index contributed by atoms with van der Waals surface area (Å²) >= 11 is 11.8. The van der Waals surface area contributed by atoms with Gasteiger partial charge in [0.15, 0.2) is 5.78 Å². The molecule has 0 bridgehead atoms. The van der Waals surface area contributed by atoms with Crippen LogP contribution in [0.25, 0.3) is 0 Å². The van der Waals surface area contributed by atoms with E-state index in [0.717, 1.165) is 0 Å². The van der Waals surface area contributed by atoms with Crippen molar-refractivity contribution in [2.24, 2.45) is 0 Å². The smallest absolute Gasteiger partial charge is 0.243 e. The first kappa shape index (κ1) is 18.8. The molecule has 0 aliphatic carbocycles. The van der Waals surface area contributed by atoms with Crippen LogP contribution in [0.1, 0.15) is 22.8 Å². The topological polar surface area (TPSA) is 73.2 Å². The SMILES string of the molecule is CC(=O)c1ccc(C#N)cc1N(C)CC(=O)Nc1ccc(Cl)c(Cl)c1. The lowest BCUT2D eigenvalue weighted by molar-refractivity contribution is -0.114. The largest absolute Gasteiger partial charge is 0.365 e. The molecule has 1 N–H and O–H groups in total. The molecule has 0 heterocycles. The summed E-state index contributed by atoms with van der Waals surface area (Å²) in [7, 11) is 1.68. The molecule has 0 saturated carbocycles. The van der Waals surface area contributed by atoms with Crippen LogP contribution in [0.15, 0.2) is 36.4 Å². The number of carbonyl (C=O) groups is 2. The van der Waals surface area contributed by atoms with Gasteiger partial charge in [-0.05, 0) is 43.3 Å². The van der Waals surface area contributed by atoms with Crippen LogP contribution in [0.2, 0.25) is 10.0 Å². The second kappa shape index (κ2) is 8.02. The summed E-state index contributed by atoms with van der Waals surface area (Å²) < 4.78 is 0. The number of amides is 1. The van der Waals surface area contributed by atoms with Gasteiger partial charge >= 0.3 is 0 Å². The molecule has 2 rings (SSSR count). The van der Waals surface area contributed by atoms with Gasteiger partial charge in [0, 0.05) is 24.0 Å². The second-order valence-electron chi connectivity index (χ2n) is 5.43. The Kier molecular flexibility index (Phi) is 6.02. The monoisotopic (exact) mass is 375 g/mol. The summed E-state index contributed by atoms with van der Waals surface area (Å²) in [4.78, 5) is 25.6. The van der Waals surface area contributed by atoms with Crippen molar-refractivity contribution in [3.63, 3.8) is 0 Å². The number of benzene rings is 2. The van der Waals surface area contributed by atoms with Crippen LogP contribution in [0.5, 0.6) is 0 Å². The molecule has 0 fully saturated rings. The first-order valence-corrected chi connectivity index (χ1v) is 8.08. The molecule has 128 valence electrons. The van der Waals surface area contributed by atoms with E-state index in [-0.39, 0.29) is 18.2 Å². The van der Waals surface area contributed by atoms with Crippen molar-refractivity contribution in [2.75, 3.05) is 23.8 Å². The van der Waals surface area contributed by atoms with E-state index in [9.17, 15) is 9.59 Å².